The summed E-state index contributed by atoms with van der Waals surface area (Å²) in [6, 6.07) is 15.9. The van der Waals surface area contributed by atoms with E-state index in [0.29, 0.717) is 11.3 Å². The Morgan fingerprint density at radius 3 is 2.23 bits per heavy atom. The molecule has 2 rings (SSSR count). The van der Waals surface area contributed by atoms with Crippen molar-refractivity contribution in [3.63, 3.8) is 0 Å². The van der Waals surface area contributed by atoms with Crippen LogP contribution < -0.4 is 4.74 Å². The molecule has 114 valence electrons. The second-order valence-electron chi connectivity index (χ2n) is 4.77. The van der Waals surface area contributed by atoms with Crippen LogP contribution in [0.1, 0.15) is 15.9 Å². The van der Waals surface area contributed by atoms with Gasteiger partial charge in [0, 0.05) is 12.1 Å². The number of hydrogen-bond acceptors (Lipinski definition) is 3. The van der Waals surface area contributed by atoms with Gasteiger partial charge >= 0.3 is 5.97 Å². The number of carbonyl (C=O) groups excluding carboxylic acids is 1. The molecule has 0 atom stereocenters. The molecule has 0 spiro atoms. The first-order valence-electron chi connectivity index (χ1n) is 6.79. The molecule has 2 aromatic rings. The van der Waals surface area contributed by atoms with Crippen LogP contribution in [0.5, 0.6) is 5.75 Å². The van der Waals surface area contributed by atoms with Gasteiger partial charge in [0.2, 0.25) is 0 Å². The number of benzene rings is 2. The lowest BCUT2D eigenvalue weighted by molar-refractivity contribution is -0.137. The summed E-state index contributed by atoms with van der Waals surface area (Å²) in [7, 11) is 1.54. The van der Waals surface area contributed by atoms with Crippen molar-refractivity contribution < 1.29 is 19.4 Å². The normalized spacial score (nSPS) is 10.0. The SMILES string of the molecule is COc1ccc(C(=O)N(CC(=O)O)Cc2ccccc2)cc1. The highest BCUT2D eigenvalue weighted by atomic mass is 16.5. The molecule has 0 saturated carbocycles. The average Bonchev–Trinajstić information content (AvgIpc) is 2.54. The maximum Gasteiger partial charge on any atom is 0.323 e. The Morgan fingerprint density at radius 1 is 1.05 bits per heavy atom. The zero-order valence-corrected chi connectivity index (χ0v) is 12.2. The molecule has 0 aliphatic heterocycles. The predicted molar refractivity (Wildman–Crippen MR) is 81.8 cm³/mol. The number of ether oxygens (including phenoxy) is 1. The Hall–Kier alpha value is -2.82. The van der Waals surface area contributed by atoms with E-state index in [1.54, 1.807) is 31.4 Å². The molecule has 0 radical (unpaired) electrons. The van der Waals surface area contributed by atoms with Gasteiger partial charge in [0.25, 0.3) is 5.91 Å². The monoisotopic (exact) mass is 299 g/mol. The maximum absolute atomic E-state index is 12.5. The fourth-order valence-electron chi connectivity index (χ4n) is 2.08. The molecule has 0 fully saturated rings. The summed E-state index contributed by atoms with van der Waals surface area (Å²) in [5, 5.41) is 9.03. The molecule has 1 amide bonds. The lowest BCUT2D eigenvalue weighted by Gasteiger charge is -2.21. The van der Waals surface area contributed by atoms with Crippen LogP contribution in [0.2, 0.25) is 0 Å². The van der Waals surface area contributed by atoms with Crippen LogP contribution >= 0.6 is 0 Å². The molecule has 0 heterocycles. The van der Waals surface area contributed by atoms with Crippen molar-refractivity contribution in [2.75, 3.05) is 13.7 Å². The minimum Gasteiger partial charge on any atom is -0.497 e. The number of carboxylic acids is 1. The van der Waals surface area contributed by atoms with Crippen molar-refractivity contribution in [1.29, 1.82) is 0 Å². The first-order chi connectivity index (χ1) is 10.6. The first kappa shape index (κ1) is 15.6. The minimum absolute atomic E-state index is 0.248. The smallest absolute Gasteiger partial charge is 0.323 e. The molecule has 0 aliphatic rings. The van der Waals surface area contributed by atoms with Gasteiger partial charge in [-0.15, -0.1) is 0 Å². The Bertz CT molecular complexity index is 637. The quantitative estimate of drug-likeness (QED) is 0.889. The van der Waals surface area contributed by atoms with E-state index in [-0.39, 0.29) is 19.0 Å². The molecule has 0 aliphatic carbocycles. The van der Waals surface area contributed by atoms with Gasteiger partial charge in [-0.05, 0) is 29.8 Å². The number of rotatable bonds is 6. The van der Waals surface area contributed by atoms with Crippen LogP contribution in [-0.4, -0.2) is 35.5 Å². The van der Waals surface area contributed by atoms with Gasteiger partial charge in [0.15, 0.2) is 0 Å². The van der Waals surface area contributed by atoms with Gasteiger partial charge in [-0.2, -0.15) is 0 Å². The summed E-state index contributed by atoms with van der Waals surface area (Å²) in [5.74, 6) is -0.726. The van der Waals surface area contributed by atoms with Gasteiger partial charge in [-0.3, -0.25) is 9.59 Å². The number of amides is 1. The fraction of sp³-hybridized carbons (Fsp3) is 0.176. The first-order valence-corrected chi connectivity index (χ1v) is 6.79. The highest BCUT2D eigenvalue weighted by Crippen LogP contribution is 2.14. The molecule has 5 heteroatoms. The number of hydrogen-bond donors (Lipinski definition) is 1. The Balaban J connectivity index is 2.19. The summed E-state index contributed by atoms with van der Waals surface area (Å²) in [6.45, 7) is -0.0994. The Kier molecular flexibility index (Phi) is 5.14. The van der Waals surface area contributed by atoms with Crippen LogP contribution in [0.3, 0.4) is 0 Å². The molecular weight excluding hydrogens is 282 g/mol. The van der Waals surface area contributed by atoms with Crippen molar-refractivity contribution >= 4 is 11.9 Å². The Morgan fingerprint density at radius 2 is 1.68 bits per heavy atom. The van der Waals surface area contributed by atoms with E-state index in [1.807, 2.05) is 30.3 Å². The zero-order chi connectivity index (χ0) is 15.9. The molecule has 1 N–H and O–H groups in total. The highest BCUT2D eigenvalue weighted by Gasteiger charge is 2.18. The molecule has 2 aromatic carbocycles. The molecule has 22 heavy (non-hydrogen) atoms. The molecule has 0 saturated heterocycles. The standard InChI is InChI=1S/C17H17NO4/c1-22-15-9-7-14(8-10-15)17(21)18(12-16(19)20)11-13-5-3-2-4-6-13/h2-10H,11-12H2,1H3,(H,19,20). The second kappa shape index (κ2) is 7.26. The predicted octanol–water partition coefficient (Wildman–Crippen LogP) is 2.42. The number of aliphatic carboxylic acids is 1. The van der Waals surface area contributed by atoms with Gasteiger partial charge in [0.05, 0.1) is 7.11 Å². The van der Waals surface area contributed by atoms with Crippen molar-refractivity contribution in [1.82, 2.24) is 4.90 Å². The van der Waals surface area contributed by atoms with E-state index in [1.165, 1.54) is 4.90 Å². The molecule has 5 nitrogen and oxygen atoms in total. The lowest BCUT2D eigenvalue weighted by atomic mass is 10.1. The fourth-order valence-corrected chi connectivity index (χ4v) is 2.08. The summed E-state index contributed by atoms with van der Waals surface area (Å²) in [4.78, 5) is 24.8. The van der Waals surface area contributed by atoms with E-state index >= 15 is 0 Å². The van der Waals surface area contributed by atoms with E-state index in [0.717, 1.165) is 5.56 Å². The topological polar surface area (TPSA) is 66.8 Å². The number of nitrogens with zero attached hydrogens (tertiary/aromatic N) is 1. The van der Waals surface area contributed by atoms with E-state index in [4.69, 9.17) is 9.84 Å². The lowest BCUT2D eigenvalue weighted by Crippen LogP contribution is -2.35. The minimum atomic E-state index is -1.04. The van der Waals surface area contributed by atoms with Crippen LogP contribution in [0.25, 0.3) is 0 Å². The molecule has 0 unspecified atom stereocenters. The molecule has 0 bridgehead atoms. The van der Waals surface area contributed by atoms with E-state index in [9.17, 15) is 9.59 Å². The van der Waals surface area contributed by atoms with Crippen molar-refractivity contribution in [2.45, 2.75) is 6.54 Å². The average molecular weight is 299 g/mol. The van der Waals surface area contributed by atoms with E-state index < -0.39 is 5.97 Å². The van der Waals surface area contributed by atoms with Crippen molar-refractivity contribution in [3.05, 3.63) is 65.7 Å². The van der Waals surface area contributed by atoms with Crippen LogP contribution in [-0.2, 0) is 11.3 Å². The third-order valence-electron chi connectivity index (χ3n) is 3.17. The second-order valence-corrected chi connectivity index (χ2v) is 4.77. The summed E-state index contributed by atoms with van der Waals surface area (Å²) in [5.41, 5.74) is 1.31. The van der Waals surface area contributed by atoms with Crippen LogP contribution in [0.15, 0.2) is 54.6 Å². The third kappa shape index (κ3) is 4.09. The molecule has 0 aromatic heterocycles. The summed E-state index contributed by atoms with van der Waals surface area (Å²) >= 11 is 0. The summed E-state index contributed by atoms with van der Waals surface area (Å²) in [6.07, 6.45) is 0. The van der Waals surface area contributed by atoms with Gasteiger partial charge in [-0.25, -0.2) is 0 Å². The van der Waals surface area contributed by atoms with Crippen LogP contribution in [0, 0.1) is 0 Å². The number of carboxylic acid groups (broad SMARTS) is 1. The third-order valence-corrected chi connectivity index (χ3v) is 3.17. The van der Waals surface area contributed by atoms with Crippen LogP contribution in [0.4, 0.5) is 0 Å². The molecular formula is C17H17NO4. The summed E-state index contributed by atoms with van der Waals surface area (Å²) < 4.78 is 5.05. The largest absolute Gasteiger partial charge is 0.497 e. The van der Waals surface area contributed by atoms with E-state index in [2.05, 4.69) is 0 Å². The van der Waals surface area contributed by atoms with Gasteiger partial charge < -0.3 is 14.7 Å². The highest BCUT2D eigenvalue weighted by molar-refractivity contribution is 5.95. The maximum atomic E-state index is 12.5. The Labute approximate surface area is 128 Å². The number of carbonyl (C=O) groups is 2. The van der Waals surface area contributed by atoms with Gasteiger partial charge in [-0.1, -0.05) is 30.3 Å². The van der Waals surface area contributed by atoms with Crippen molar-refractivity contribution in [2.24, 2.45) is 0 Å². The number of methoxy groups -OCH3 is 1. The van der Waals surface area contributed by atoms with Crippen molar-refractivity contribution in [3.8, 4) is 5.75 Å². The zero-order valence-electron chi connectivity index (χ0n) is 12.2. The van der Waals surface area contributed by atoms with Gasteiger partial charge in [0.1, 0.15) is 12.3 Å².